The zero-order chi connectivity index (χ0) is 19.4. The van der Waals surface area contributed by atoms with Gasteiger partial charge in [-0.2, -0.15) is 0 Å². The van der Waals surface area contributed by atoms with E-state index in [-0.39, 0.29) is 12.2 Å². The molecule has 1 heterocycles. The number of alkyl halides is 3. The highest BCUT2D eigenvalue weighted by atomic mass is 19.4. The largest absolute Gasteiger partial charge is 0.573 e. The maximum atomic E-state index is 13.9. The summed E-state index contributed by atoms with van der Waals surface area (Å²) in [5, 5.41) is 0. The van der Waals surface area contributed by atoms with E-state index in [4.69, 9.17) is 9.47 Å². The van der Waals surface area contributed by atoms with E-state index in [0.29, 0.717) is 17.4 Å². The molecular formula is C20H26F4O3. The summed E-state index contributed by atoms with van der Waals surface area (Å²) >= 11 is 0. The van der Waals surface area contributed by atoms with Gasteiger partial charge in [0.2, 0.25) is 0 Å². The summed E-state index contributed by atoms with van der Waals surface area (Å²) < 4.78 is 66.2. The summed E-state index contributed by atoms with van der Waals surface area (Å²) in [6.45, 7) is 3.63. The third-order valence-electron chi connectivity index (χ3n) is 5.50. The molecule has 1 saturated carbocycles. The lowest BCUT2D eigenvalue weighted by atomic mass is 9.78. The number of benzene rings is 1. The zero-order valence-electron chi connectivity index (χ0n) is 15.4. The molecule has 1 aliphatic heterocycles. The van der Waals surface area contributed by atoms with Gasteiger partial charge in [0, 0.05) is 11.8 Å². The molecule has 0 bridgehead atoms. The molecule has 27 heavy (non-hydrogen) atoms. The van der Waals surface area contributed by atoms with Gasteiger partial charge in [0.25, 0.3) is 0 Å². The van der Waals surface area contributed by atoms with Crippen LogP contribution in [0.5, 0.6) is 5.75 Å². The van der Waals surface area contributed by atoms with Gasteiger partial charge in [-0.15, -0.1) is 13.2 Å². The fraction of sp³-hybridized carbons (Fsp3) is 0.700. The third-order valence-corrected chi connectivity index (χ3v) is 5.50. The maximum absolute atomic E-state index is 13.9. The first kappa shape index (κ1) is 20.4. The van der Waals surface area contributed by atoms with Crippen molar-refractivity contribution in [2.75, 3.05) is 13.2 Å². The fourth-order valence-corrected chi connectivity index (χ4v) is 4.11. The normalized spacial score (nSPS) is 29.5. The van der Waals surface area contributed by atoms with Gasteiger partial charge in [-0.25, -0.2) is 4.39 Å². The molecule has 0 unspecified atom stereocenters. The summed E-state index contributed by atoms with van der Waals surface area (Å²) in [6, 6.07) is 3.75. The summed E-state index contributed by atoms with van der Waals surface area (Å²) in [4.78, 5) is 0. The van der Waals surface area contributed by atoms with E-state index >= 15 is 0 Å². The SMILES string of the molecule is CCCC1COC(C2CCC(c3ccc(OC(F)(F)F)c(F)c3)CC2)OC1. The first-order valence-electron chi connectivity index (χ1n) is 9.64. The Morgan fingerprint density at radius 3 is 2.30 bits per heavy atom. The van der Waals surface area contributed by atoms with Crippen molar-refractivity contribution in [1.29, 1.82) is 0 Å². The minimum atomic E-state index is -4.89. The average Bonchev–Trinajstić information content (AvgIpc) is 2.63. The van der Waals surface area contributed by atoms with E-state index in [1.54, 1.807) is 0 Å². The van der Waals surface area contributed by atoms with Crippen LogP contribution >= 0.6 is 0 Å². The number of hydrogen-bond acceptors (Lipinski definition) is 3. The Hall–Kier alpha value is -1.34. The predicted molar refractivity (Wildman–Crippen MR) is 91.9 cm³/mol. The van der Waals surface area contributed by atoms with Crippen molar-refractivity contribution in [3.63, 3.8) is 0 Å². The lowest BCUT2D eigenvalue weighted by Crippen LogP contribution is -2.38. The smallest absolute Gasteiger partial charge is 0.403 e. The third kappa shape index (κ3) is 5.57. The van der Waals surface area contributed by atoms with E-state index in [2.05, 4.69) is 11.7 Å². The lowest BCUT2D eigenvalue weighted by Gasteiger charge is -2.37. The van der Waals surface area contributed by atoms with Crippen LogP contribution in [0.1, 0.15) is 56.9 Å². The van der Waals surface area contributed by atoms with Crippen LogP contribution in [-0.4, -0.2) is 25.9 Å². The molecule has 0 spiro atoms. The van der Waals surface area contributed by atoms with Crippen molar-refractivity contribution in [1.82, 2.24) is 0 Å². The average molecular weight is 390 g/mol. The second kappa shape index (κ2) is 8.78. The Balaban J connectivity index is 1.51. The second-order valence-electron chi connectivity index (χ2n) is 7.54. The number of hydrogen-bond donors (Lipinski definition) is 0. The highest BCUT2D eigenvalue weighted by molar-refractivity contribution is 5.31. The van der Waals surface area contributed by atoms with Gasteiger partial charge in [0.15, 0.2) is 17.9 Å². The van der Waals surface area contributed by atoms with Crippen LogP contribution in [-0.2, 0) is 9.47 Å². The summed E-state index contributed by atoms with van der Waals surface area (Å²) in [5.41, 5.74) is 0.717. The number of ether oxygens (including phenoxy) is 3. The van der Waals surface area contributed by atoms with Gasteiger partial charge in [0.1, 0.15) is 0 Å². The van der Waals surface area contributed by atoms with Crippen molar-refractivity contribution in [2.24, 2.45) is 11.8 Å². The topological polar surface area (TPSA) is 27.7 Å². The molecule has 0 radical (unpaired) electrons. The Morgan fingerprint density at radius 2 is 1.74 bits per heavy atom. The first-order chi connectivity index (χ1) is 12.9. The molecule has 7 heteroatoms. The maximum Gasteiger partial charge on any atom is 0.573 e. The Morgan fingerprint density at radius 1 is 1.07 bits per heavy atom. The second-order valence-corrected chi connectivity index (χ2v) is 7.54. The van der Waals surface area contributed by atoms with Crippen LogP contribution in [0.25, 0.3) is 0 Å². The lowest BCUT2D eigenvalue weighted by molar-refractivity contribution is -0.275. The van der Waals surface area contributed by atoms with E-state index < -0.39 is 17.9 Å². The zero-order valence-corrected chi connectivity index (χ0v) is 15.4. The van der Waals surface area contributed by atoms with Crippen molar-refractivity contribution in [3.8, 4) is 5.75 Å². The van der Waals surface area contributed by atoms with Crippen LogP contribution in [0.15, 0.2) is 18.2 Å². The highest BCUT2D eigenvalue weighted by Gasteiger charge is 2.34. The van der Waals surface area contributed by atoms with Crippen molar-refractivity contribution >= 4 is 0 Å². The van der Waals surface area contributed by atoms with Gasteiger partial charge in [-0.1, -0.05) is 19.4 Å². The fourth-order valence-electron chi connectivity index (χ4n) is 4.11. The van der Waals surface area contributed by atoms with Gasteiger partial charge < -0.3 is 14.2 Å². The van der Waals surface area contributed by atoms with Gasteiger partial charge in [-0.05, 0) is 55.7 Å². The van der Waals surface area contributed by atoms with Gasteiger partial charge in [-0.3, -0.25) is 0 Å². The van der Waals surface area contributed by atoms with E-state index in [0.717, 1.165) is 63.9 Å². The number of rotatable bonds is 5. The predicted octanol–water partition coefficient (Wildman–Crippen LogP) is 5.79. The van der Waals surface area contributed by atoms with Crippen LogP contribution < -0.4 is 4.74 Å². The Kier molecular flexibility index (Phi) is 6.63. The molecule has 1 aromatic rings. The molecule has 0 atom stereocenters. The molecule has 3 rings (SSSR count). The molecule has 0 N–H and O–H groups in total. The molecule has 0 aromatic heterocycles. The Bertz CT molecular complexity index is 604. The summed E-state index contributed by atoms with van der Waals surface area (Å²) in [5.74, 6) is -0.838. The quantitative estimate of drug-likeness (QED) is 0.596. The monoisotopic (exact) mass is 390 g/mol. The van der Waals surface area contributed by atoms with Crippen molar-refractivity contribution in [3.05, 3.63) is 29.6 Å². The molecular weight excluding hydrogens is 364 g/mol. The minimum absolute atomic E-state index is 0.132. The minimum Gasteiger partial charge on any atom is -0.403 e. The first-order valence-corrected chi connectivity index (χ1v) is 9.64. The number of halogens is 4. The van der Waals surface area contributed by atoms with Gasteiger partial charge in [0.05, 0.1) is 13.2 Å². The molecule has 3 nitrogen and oxygen atoms in total. The van der Waals surface area contributed by atoms with E-state index in [1.165, 1.54) is 6.07 Å². The summed E-state index contributed by atoms with van der Waals surface area (Å²) in [7, 11) is 0. The van der Waals surface area contributed by atoms with E-state index in [9.17, 15) is 17.6 Å². The standard InChI is InChI=1S/C20H26F4O3/c1-2-3-13-11-25-19(26-12-13)15-6-4-14(5-7-15)16-8-9-18(17(21)10-16)27-20(22,23)24/h8-10,13-15,19H,2-7,11-12H2,1H3. The van der Waals surface area contributed by atoms with Gasteiger partial charge >= 0.3 is 6.36 Å². The van der Waals surface area contributed by atoms with Crippen molar-refractivity contribution in [2.45, 2.75) is 64.0 Å². The van der Waals surface area contributed by atoms with Crippen LogP contribution in [0.3, 0.4) is 0 Å². The highest BCUT2D eigenvalue weighted by Crippen LogP contribution is 2.40. The summed E-state index contributed by atoms with van der Waals surface area (Å²) in [6.07, 6.45) is 0.646. The molecule has 152 valence electrons. The molecule has 0 amide bonds. The Labute approximate surface area is 157 Å². The molecule has 2 fully saturated rings. The van der Waals surface area contributed by atoms with Crippen molar-refractivity contribution < 1.29 is 31.8 Å². The van der Waals surface area contributed by atoms with Crippen LogP contribution in [0.2, 0.25) is 0 Å². The molecule has 1 aliphatic carbocycles. The molecule has 1 saturated heterocycles. The molecule has 1 aromatic carbocycles. The van der Waals surface area contributed by atoms with E-state index in [1.807, 2.05) is 0 Å². The molecule has 2 aliphatic rings. The van der Waals surface area contributed by atoms with Crippen LogP contribution in [0.4, 0.5) is 17.6 Å². The van der Waals surface area contributed by atoms with Crippen LogP contribution in [0, 0.1) is 17.7 Å².